The lowest BCUT2D eigenvalue weighted by Gasteiger charge is -2.20. The van der Waals surface area contributed by atoms with Crippen LogP contribution in [-0.4, -0.2) is 40.2 Å². The van der Waals surface area contributed by atoms with E-state index in [9.17, 15) is 9.90 Å². The normalized spacial score (nSPS) is 11.3. The molecule has 0 saturated heterocycles. The van der Waals surface area contributed by atoms with Crippen molar-refractivity contribution in [3.8, 4) is 22.9 Å². The highest BCUT2D eigenvalue weighted by Gasteiger charge is 2.21. The van der Waals surface area contributed by atoms with Crippen LogP contribution in [0.2, 0.25) is 0 Å². The first-order chi connectivity index (χ1) is 14.2. The molecule has 2 aromatic carbocycles. The van der Waals surface area contributed by atoms with Crippen molar-refractivity contribution >= 4 is 11.7 Å². The fourth-order valence-corrected chi connectivity index (χ4v) is 3.00. The maximum Gasteiger partial charge on any atom is 0.260 e. The number of ether oxygens (including phenoxy) is 2. The number of benzene rings is 2. The number of carbonyl (C=O) groups excluding carboxylic acids is 1. The third-order valence-corrected chi connectivity index (χ3v) is 4.85. The number of rotatable bonds is 5. The van der Waals surface area contributed by atoms with Crippen LogP contribution in [0.15, 0.2) is 36.4 Å². The van der Waals surface area contributed by atoms with Crippen molar-refractivity contribution in [2.75, 3.05) is 19.5 Å². The first kappa shape index (κ1) is 21.2. The molecule has 30 heavy (non-hydrogen) atoms. The number of nitrogens with zero attached hydrogens (tertiary/aromatic N) is 3. The Morgan fingerprint density at radius 1 is 1.10 bits per heavy atom. The predicted molar refractivity (Wildman–Crippen MR) is 114 cm³/mol. The molecule has 0 spiro atoms. The van der Waals surface area contributed by atoms with Gasteiger partial charge in [0.25, 0.3) is 5.91 Å². The monoisotopic (exact) mass is 410 g/mol. The Labute approximate surface area is 175 Å². The third kappa shape index (κ3) is 4.07. The van der Waals surface area contributed by atoms with Crippen LogP contribution in [0, 0.1) is 6.92 Å². The number of amides is 1. The van der Waals surface area contributed by atoms with Gasteiger partial charge in [-0.1, -0.05) is 32.1 Å². The van der Waals surface area contributed by atoms with Crippen molar-refractivity contribution < 1.29 is 19.4 Å². The molecule has 0 aliphatic carbocycles. The van der Waals surface area contributed by atoms with Crippen LogP contribution < -0.4 is 14.8 Å². The summed E-state index contributed by atoms with van der Waals surface area (Å²) in [7, 11) is 3.13. The van der Waals surface area contributed by atoms with E-state index in [1.807, 2.05) is 26.8 Å². The van der Waals surface area contributed by atoms with Crippen LogP contribution >= 0.6 is 0 Å². The van der Waals surface area contributed by atoms with Crippen molar-refractivity contribution in [2.24, 2.45) is 0 Å². The Hall–Kier alpha value is -3.55. The van der Waals surface area contributed by atoms with E-state index in [4.69, 9.17) is 9.47 Å². The summed E-state index contributed by atoms with van der Waals surface area (Å²) in [4.78, 5) is 12.8. The lowest BCUT2D eigenvalue weighted by atomic mass is 9.86. The third-order valence-electron chi connectivity index (χ3n) is 4.85. The number of hydrogen-bond donors (Lipinski definition) is 2. The zero-order chi connectivity index (χ0) is 22.1. The van der Waals surface area contributed by atoms with Gasteiger partial charge in [0.05, 0.1) is 25.5 Å². The predicted octanol–water partition coefficient (Wildman–Crippen LogP) is 3.85. The molecule has 0 fully saturated rings. The lowest BCUT2D eigenvalue weighted by Crippen LogP contribution is -2.16. The van der Waals surface area contributed by atoms with Crippen molar-refractivity contribution in [1.29, 1.82) is 0 Å². The first-order valence-electron chi connectivity index (χ1n) is 9.45. The summed E-state index contributed by atoms with van der Waals surface area (Å²) in [6.07, 6.45) is 0. The molecule has 1 aromatic heterocycles. The molecular formula is C22H26N4O4. The van der Waals surface area contributed by atoms with Crippen molar-refractivity contribution in [3.05, 3.63) is 53.2 Å². The van der Waals surface area contributed by atoms with Crippen LogP contribution in [0.5, 0.6) is 17.2 Å². The zero-order valence-corrected chi connectivity index (χ0v) is 18.0. The lowest BCUT2D eigenvalue weighted by molar-refractivity contribution is 0.102. The highest BCUT2D eigenvalue weighted by molar-refractivity contribution is 6.06. The second kappa shape index (κ2) is 8.06. The average molecular weight is 410 g/mol. The first-order valence-corrected chi connectivity index (χ1v) is 9.45. The number of phenolic OH excluding ortho intramolecular Hbond substituents is 1. The molecule has 8 nitrogen and oxygen atoms in total. The highest BCUT2D eigenvalue weighted by atomic mass is 16.5. The van der Waals surface area contributed by atoms with Gasteiger partial charge in [0.2, 0.25) is 0 Å². The smallest absolute Gasteiger partial charge is 0.260 e. The Morgan fingerprint density at radius 2 is 1.83 bits per heavy atom. The van der Waals surface area contributed by atoms with E-state index in [1.165, 1.54) is 6.07 Å². The Kier molecular flexibility index (Phi) is 5.69. The van der Waals surface area contributed by atoms with Gasteiger partial charge < -0.3 is 19.9 Å². The van der Waals surface area contributed by atoms with E-state index >= 15 is 0 Å². The summed E-state index contributed by atoms with van der Waals surface area (Å²) in [6.45, 7) is 7.90. The summed E-state index contributed by atoms with van der Waals surface area (Å²) in [5.41, 5.74) is 2.17. The molecule has 0 aliphatic rings. The van der Waals surface area contributed by atoms with Crippen LogP contribution in [0.1, 0.15) is 42.4 Å². The maximum atomic E-state index is 12.8. The molecule has 1 heterocycles. The van der Waals surface area contributed by atoms with E-state index in [0.717, 1.165) is 5.56 Å². The van der Waals surface area contributed by atoms with Gasteiger partial charge in [-0.15, -0.1) is 5.10 Å². The standard InChI is InChI=1S/C22H26N4O4/c1-13-20(23-21(28)16-11-14(22(2,3)4)7-9-18(16)27)24-25-26(13)17-12-15(29-5)8-10-19(17)30-6/h7-12,27H,1-6H3,(H,23,28). The van der Waals surface area contributed by atoms with Gasteiger partial charge in [-0.05, 0) is 42.2 Å². The van der Waals surface area contributed by atoms with Gasteiger partial charge in [-0.3, -0.25) is 4.79 Å². The molecule has 158 valence electrons. The molecule has 0 atom stereocenters. The highest BCUT2D eigenvalue weighted by Crippen LogP contribution is 2.30. The van der Waals surface area contributed by atoms with E-state index in [2.05, 4.69) is 15.6 Å². The SMILES string of the molecule is COc1ccc(OC)c(-n2nnc(NC(=O)c3cc(C(C)(C)C)ccc3O)c2C)c1. The number of aromatic nitrogens is 3. The number of nitrogens with one attached hydrogen (secondary N) is 1. The minimum atomic E-state index is -0.466. The fraction of sp³-hybridized carbons (Fsp3) is 0.318. The number of anilines is 1. The van der Waals surface area contributed by atoms with Crippen molar-refractivity contribution in [1.82, 2.24) is 15.0 Å². The van der Waals surface area contributed by atoms with Gasteiger partial charge in [0.15, 0.2) is 5.82 Å². The molecule has 8 heteroatoms. The summed E-state index contributed by atoms with van der Waals surface area (Å²) in [5, 5.41) is 21.2. The number of methoxy groups -OCH3 is 2. The number of phenols is 1. The Morgan fingerprint density at radius 3 is 2.47 bits per heavy atom. The minimum Gasteiger partial charge on any atom is -0.507 e. The molecular weight excluding hydrogens is 384 g/mol. The zero-order valence-electron chi connectivity index (χ0n) is 18.0. The van der Waals surface area contributed by atoms with E-state index in [1.54, 1.807) is 50.1 Å². The average Bonchev–Trinajstić information content (AvgIpc) is 3.06. The van der Waals surface area contributed by atoms with Crippen LogP contribution in [0.4, 0.5) is 5.82 Å². The summed E-state index contributed by atoms with van der Waals surface area (Å²) in [5.74, 6) is 0.934. The topological polar surface area (TPSA) is 98.5 Å². The molecule has 3 rings (SSSR count). The van der Waals surface area contributed by atoms with Crippen LogP contribution in [0.3, 0.4) is 0 Å². The summed E-state index contributed by atoms with van der Waals surface area (Å²) >= 11 is 0. The molecule has 2 N–H and O–H groups in total. The van der Waals surface area contributed by atoms with Crippen LogP contribution in [-0.2, 0) is 5.41 Å². The summed E-state index contributed by atoms with van der Waals surface area (Å²) < 4.78 is 12.3. The number of hydrogen-bond acceptors (Lipinski definition) is 6. The maximum absolute atomic E-state index is 12.8. The van der Waals surface area contributed by atoms with E-state index in [-0.39, 0.29) is 22.5 Å². The van der Waals surface area contributed by atoms with Crippen molar-refractivity contribution in [3.63, 3.8) is 0 Å². The molecule has 0 aliphatic heterocycles. The largest absolute Gasteiger partial charge is 0.507 e. The Balaban J connectivity index is 1.94. The van der Waals surface area contributed by atoms with Gasteiger partial charge in [-0.25, -0.2) is 4.68 Å². The second-order valence-electron chi connectivity index (χ2n) is 7.91. The van der Waals surface area contributed by atoms with Gasteiger partial charge in [0.1, 0.15) is 22.9 Å². The summed E-state index contributed by atoms with van der Waals surface area (Å²) in [6, 6.07) is 10.3. The molecule has 3 aromatic rings. The van der Waals surface area contributed by atoms with Gasteiger partial charge in [-0.2, -0.15) is 0 Å². The van der Waals surface area contributed by atoms with E-state index < -0.39 is 5.91 Å². The quantitative estimate of drug-likeness (QED) is 0.663. The number of carbonyl (C=O) groups is 1. The molecule has 0 bridgehead atoms. The second-order valence-corrected chi connectivity index (χ2v) is 7.91. The van der Waals surface area contributed by atoms with Gasteiger partial charge in [0, 0.05) is 6.07 Å². The number of aromatic hydroxyl groups is 1. The van der Waals surface area contributed by atoms with Crippen molar-refractivity contribution in [2.45, 2.75) is 33.1 Å². The van der Waals surface area contributed by atoms with E-state index in [0.29, 0.717) is 22.9 Å². The Bertz CT molecular complexity index is 1080. The van der Waals surface area contributed by atoms with Crippen LogP contribution in [0.25, 0.3) is 5.69 Å². The molecule has 1 amide bonds. The fourth-order valence-electron chi connectivity index (χ4n) is 3.00. The molecule has 0 radical (unpaired) electrons. The molecule has 0 saturated carbocycles. The molecule has 0 unspecified atom stereocenters. The minimum absolute atomic E-state index is 0.0972. The van der Waals surface area contributed by atoms with Gasteiger partial charge >= 0.3 is 0 Å².